The van der Waals surface area contributed by atoms with Crippen molar-refractivity contribution in [2.45, 2.75) is 77.4 Å². The van der Waals surface area contributed by atoms with Crippen molar-refractivity contribution >= 4 is 5.78 Å². The zero-order valence-corrected chi connectivity index (χ0v) is 15.7. The number of fused-ring (bicyclic) bond motifs is 5. The van der Waals surface area contributed by atoms with Crippen LogP contribution in [0.4, 0.5) is 0 Å². The van der Waals surface area contributed by atoms with E-state index >= 15 is 0 Å². The topological polar surface area (TPSA) is 77.8 Å². The molecule has 0 aromatic rings. The highest BCUT2D eigenvalue weighted by atomic mass is 16.3. The Morgan fingerprint density at radius 1 is 1.04 bits per heavy atom. The van der Waals surface area contributed by atoms with Crippen LogP contribution in [0.2, 0.25) is 0 Å². The third-order valence-electron chi connectivity index (χ3n) is 9.11. The molecule has 0 bridgehead atoms. The number of carbonyl (C=O) groups is 1. The Hall–Kier alpha value is -0.450. The first-order valence-corrected chi connectivity index (χ1v) is 10.3. The van der Waals surface area contributed by atoms with Crippen molar-refractivity contribution in [1.29, 1.82) is 0 Å². The van der Waals surface area contributed by atoms with Crippen LogP contribution in [0.25, 0.3) is 0 Å². The summed E-state index contributed by atoms with van der Waals surface area (Å²) in [4.78, 5) is 12.3. The van der Waals surface area contributed by atoms with Gasteiger partial charge < -0.3 is 15.3 Å². The van der Waals surface area contributed by atoms with E-state index in [0.717, 1.165) is 44.9 Å². The number of Topliss-reactive ketones (excluding diaryl/α,β-unsaturated/α-hetero) is 1. The molecule has 9 atom stereocenters. The SMILES string of the molecule is C[C@]12CC[C@@H](O)C[C@H]1CC[C@@H]1[C@@H]2[C@@H](O)C[C@]2(C)[C@@H](C(=O)CO)CC[C@@H]12. The van der Waals surface area contributed by atoms with E-state index in [9.17, 15) is 20.1 Å². The molecule has 142 valence electrons. The number of hydrogen-bond acceptors (Lipinski definition) is 4. The normalized spacial score (nSPS) is 55.2. The van der Waals surface area contributed by atoms with Crippen LogP contribution in [0, 0.1) is 40.4 Å². The number of aliphatic hydroxyl groups excluding tert-OH is 3. The van der Waals surface area contributed by atoms with Gasteiger partial charge in [0.05, 0.1) is 12.2 Å². The van der Waals surface area contributed by atoms with Crippen molar-refractivity contribution in [2.75, 3.05) is 6.61 Å². The van der Waals surface area contributed by atoms with Gasteiger partial charge in [0.1, 0.15) is 6.61 Å². The number of carbonyl (C=O) groups excluding carboxylic acids is 1. The van der Waals surface area contributed by atoms with E-state index in [1.165, 1.54) is 0 Å². The molecule has 4 nitrogen and oxygen atoms in total. The molecular formula is C21H34O4. The van der Waals surface area contributed by atoms with Gasteiger partial charge in [-0.05, 0) is 85.9 Å². The Labute approximate surface area is 151 Å². The molecule has 25 heavy (non-hydrogen) atoms. The maximum atomic E-state index is 12.3. The monoisotopic (exact) mass is 350 g/mol. The predicted molar refractivity (Wildman–Crippen MR) is 94.7 cm³/mol. The molecule has 3 N–H and O–H groups in total. The van der Waals surface area contributed by atoms with Gasteiger partial charge in [-0.15, -0.1) is 0 Å². The third kappa shape index (κ3) is 2.47. The van der Waals surface area contributed by atoms with Gasteiger partial charge >= 0.3 is 0 Å². The minimum atomic E-state index is -0.366. The van der Waals surface area contributed by atoms with Gasteiger partial charge in [0.2, 0.25) is 0 Å². The maximum absolute atomic E-state index is 12.3. The van der Waals surface area contributed by atoms with Crippen LogP contribution in [0.3, 0.4) is 0 Å². The number of hydrogen-bond donors (Lipinski definition) is 3. The van der Waals surface area contributed by atoms with Crippen LogP contribution in [0.15, 0.2) is 0 Å². The summed E-state index contributed by atoms with van der Waals surface area (Å²) in [6, 6.07) is 0. The van der Waals surface area contributed by atoms with Crippen molar-refractivity contribution in [3.8, 4) is 0 Å². The fourth-order valence-corrected chi connectivity index (χ4v) is 8.00. The van der Waals surface area contributed by atoms with Gasteiger partial charge in [-0.3, -0.25) is 4.79 Å². The smallest absolute Gasteiger partial charge is 0.161 e. The highest BCUT2D eigenvalue weighted by Gasteiger charge is 2.63. The summed E-state index contributed by atoms with van der Waals surface area (Å²) < 4.78 is 0. The summed E-state index contributed by atoms with van der Waals surface area (Å²) in [6.07, 6.45) is 7.12. The first-order valence-electron chi connectivity index (χ1n) is 10.3. The molecule has 0 radical (unpaired) electrons. The summed E-state index contributed by atoms with van der Waals surface area (Å²) in [5, 5.41) is 30.7. The van der Waals surface area contributed by atoms with Gasteiger partial charge in [-0.2, -0.15) is 0 Å². The highest BCUT2D eigenvalue weighted by molar-refractivity contribution is 5.83. The molecule has 0 heterocycles. The van der Waals surface area contributed by atoms with Crippen LogP contribution in [0.5, 0.6) is 0 Å². The molecule has 0 aromatic carbocycles. The first kappa shape index (κ1) is 17.9. The lowest BCUT2D eigenvalue weighted by Gasteiger charge is -2.62. The van der Waals surface area contributed by atoms with E-state index in [4.69, 9.17) is 0 Å². The van der Waals surface area contributed by atoms with E-state index in [1.54, 1.807) is 0 Å². The van der Waals surface area contributed by atoms with Crippen molar-refractivity contribution in [2.24, 2.45) is 40.4 Å². The Bertz CT molecular complexity index is 548. The molecule has 0 amide bonds. The number of ketones is 1. The van der Waals surface area contributed by atoms with Crippen molar-refractivity contribution in [3.05, 3.63) is 0 Å². The van der Waals surface area contributed by atoms with Crippen molar-refractivity contribution < 1.29 is 20.1 Å². The summed E-state index contributed by atoms with van der Waals surface area (Å²) in [5.74, 6) is 1.69. The Morgan fingerprint density at radius 3 is 2.52 bits per heavy atom. The maximum Gasteiger partial charge on any atom is 0.161 e. The van der Waals surface area contributed by atoms with Gasteiger partial charge in [0, 0.05) is 5.92 Å². The predicted octanol–water partition coefficient (Wildman–Crippen LogP) is 2.54. The average molecular weight is 350 g/mol. The first-order chi connectivity index (χ1) is 11.8. The molecule has 4 rings (SSSR count). The van der Waals surface area contributed by atoms with Crippen molar-refractivity contribution in [3.63, 3.8) is 0 Å². The molecule has 4 saturated carbocycles. The van der Waals surface area contributed by atoms with Gasteiger partial charge in [0.25, 0.3) is 0 Å². The summed E-state index contributed by atoms with van der Waals surface area (Å²) in [6.45, 7) is 4.19. The lowest BCUT2D eigenvalue weighted by molar-refractivity contribution is -0.179. The molecule has 0 unspecified atom stereocenters. The molecular weight excluding hydrogens is 316 g/mol. The van der Waals surface area contributed by atoms with Gasteiger partial charge in [-0.25, -0.2) is 0 Å². The summed E-state index contributed by atoms with van der Waals surface area (Å²) in [5.41, 5.74) is -0.0280. The molecule has 4 aliphatic carbocycles. The number of rotatable bonds is 2. The Morgan fingerprint density at radius 2 is 1.80 bits per heavy atom. The summed E-state index contributed by atoms with van der Waals surface area (Å²) >= 11 is 0. The zero-order chi connectivity index (χ0) is 18.0. The summed E-state index contributed by atoms with van der Waals surface area (Å²) in [7, 11) is 0. The van der Waals surface area contributed by atoms with E-state index in [0.29, 0.717) is 30.1 Å². The molecule has 0 saturated heterocycles. The second-order valence-corrected chi connectivity index (χ2v) is 10.0. The van der Waals surface area contributed by atoms with Crippen LogP contribution in [-0.2, 0) is 4.79 Å². The molecule has 4 heteroatoms. The van der Waals surface area contributed by atoms with Crippen molar-refractivity contribution in [1.82, 2.24) is 0 Å². The minimum absolute atomic E-state index is 0.0312. The molecule has 0 spiro atoms. The lowest BCUT2D eigenvalue weighted by atomic mass is 9.44. The van der Waals surface area contributed by atoms with Crippen LogP contribution in [0.1, 0.15) is 65.2 Å². The minimum Gasteiger partial charge on any atom is -0.393 e. The molecule has 4 fully saturated rings. The highest BCUT2D eigenvalue weighted by Crippen LogP contribution is 2.67. The van der Waals surface area contributed by atoms with E-state index in [-0.39, 0.29) is 41.3 Å². The quantitative estimate of drug-likeness (QED) is 0.715. The van der Waals surface area contributed by atoms with Crippen LogP contribution in [-0.4, -0.2) is 39.9 Å². The van der Waals surface area contributed by atoms with Crippen LogP contribution < -0.4 is 0 Å². The molecule has 4 aliphatic rings. The lowest BCUT2D eigenvalue weighted by Crippen LogP contribution is -2.59. The van der Waals surface area contributed by atoms with Gasteiger partial charge in [-0.1, -0.05) is 13.8 Å². The largest absolute Gasteiger partial charge is 0.393 e. The van der Waals surface area contributed by atoms with E-state index in [2.05, 4.69) is 13.8 Å². The fourth-order valence-electron chi connectivity index (χ4n) is 8.00. The Balaban J connectivity index is 1.65. The third-order valence-corrected chi connectivity index (χ3v) is 9.11. The van der Waals surface area contributed by atoms with E-state index < -0.39 is 0 Å². The zero-order valence-electron chi connectivity index (χ0n) is 15.7. The van der Waals surface area contributed by atoms with Gasteiger partial charge in [0.15, 0.2) is 5.78 Å². The second-order valence-electron chi connectivity index (χ2n) is 10.0. The standard InChI is InChI=1S/C21H34O4/c1-20-8-7-13(23)9-12(20)3-4-14-15-5-6-16(18(25)11-22)21(15,2)10-17(24)19(14)20/h12-17,19,22-24H,3-11H2,1-2H3/t12-,13-,14+,15+,16-,17+,19-,20+,21+/m1/s1. The van der Waals surface area contributed by atoms with E-state index in [1.807, 2.05) is 0 Å². The fraction of sp³-hybridized carbons (Fsp3) is 0.952. The van der Waals surface area contributed by atoms with Crippen LogP contribution >= 0.6 is 0 Å². The molecule has 0 aliphatic heterocycles. The average Bonchev–Trinajstić information content (AvgIpc) is 2.91. The number of aliphatic hydroxyl groups is 3. The Kier molecular flexibility index (Phi) is 4.33. The second kappa shape index (κ2) is 6.03. The molecule has 0 aromatic heterocycles.